The molecule has 2 nitrogen and oxygen atoms in total. The summed E-state index contributed by atoms with van der Waals surface area (Å²) in [5.41, 5.74) is 2.87. The molecule has 1 aliphatic heterocycles. The summed E-state index contributed by atoms with van der Waals surface area (Å²) in [4.78, 5) is 2.52. The van der Waals surface area contributed by atoms with Gasteiger partial charge in [0.15, 0.2) is 0 Å². The Labute approximate surface area is 105 Å². The Kier molecular flexibility index (Phi) is 4.43. The fourth-order valence-electron chi connectivity index (χ4n) is 2.36. The van der Waals surface area contributed by atoms with Crippen LogP contribution in [0.25, 0.3) is 0 Å². The molecule has 94 valence electrons. The standard InChI is InChI=1S/C15H24N2/c1-3-13(2)16-12-14-8-4-5-9-15(14)17-10-6-7-11-17/h4-5,8-9,13,16H,3,6-7,10-12H2,1-2H3. The van der Waals surface area contributed by atoms with E-state index in [9.17, 15) is 0 Å². The van der Waals surface area contributed by atoms with E-state index in [2.05, 4.69) is 48.3 Å². The van der Waals surface area contributed by atoms with Crippen molar-refractivity contribution in [3.63, 3.8) is 0 Å². The third kappa shape index (κ3) is 3.22. The van der Waals surface area contributed by atoms with Crippen molar-refractivity contribution in [3.05, 3.63) is 29.8 Å². The molecular formula is C15H24N2. The normalized spacial score (nSPS) is 17.4. The number of para-hydroxylation sites is 1. The van der Waals surface area contributed by atoms with Crippen LogP contribution in [0.15, 0.2) is 24.3 Å². The molecule has 0 bridgehead atoms. The molecular weight excluding hydrogens is 208 g/mol. The highest BCUT2D eigenvalue weighted by molar-refractivity contribution is 5.54. The lowest BCUT2D eigenvalue weighted by Gasteiger charge is -2.22. The largest absolute Gasteiger partial charge is 0.371 e. The van der Waals surface area contributed by atoms with Gasteiger partial charge in [-0.2, -0.15) is 0 Å². The van der Waals surface area contributed by atoms with Crippen LogP contribution < -0.4 is 10.2 Å². The van der Waals surface area contributed by atoms with E-state index in [1.165, 1.54) is 43.6 Å². The molecule has 2 heteroatoms. The van der Waals surface area contributed by atoms with Crippen LogP contribution in [0.3, 0.4) is 0 Å². The van der Waals surface area contributed by atoms with E-state index in [0.29, 0.717) is 6.04 Å². The van der Waals surface area contributed by atoms with Gasteiger partial charge in [-0.1, -0.05) is 25.1 Å². The summed E-state index contributed by atoms with van der Waals surface area (Å²) >= 11 is 0. The van der Waals surface area contributed by atoms with Crippen LogP contribution in [0.2, 0.25) is 0 Å². The van der Waals surface area contributed by atoms with E-state index in [1.807, 2.05) is 0 Å². The van der Waals surface area contributed by atoms with Gasteiger partial charge in [-0.25, -0.2) is 0 Å². The topological polar surface area (TPSA) is 15.3 Å². The molecule has 1 unspecified atom stereocenters. The van der Waals surface area contributed by atoms with Gasteiger partial charge >= 0.3 is 0 Å². The lowest BCUT2D eigenvalue weighted by Crippen LogP contribution is -2.26. The van der Waals surface area contributed by atoms with Gasteiger partial charge in [-0.05, 0) is 37.8 Å². The minimum Gasteiger partial charge on any atom is -0.371 e. The van der Waals surface area contributed by atoms with Crippen LogP contribution in [0, 0.1) is 0 Å². The average molecular weight is 232 g/mol. The lowest BCUT2D eigenvalue weighted by molar-refractivity contribution is 0.534. The SMILES string of the molecule is CCC(C)NCc1ccccc1N1CCCC1. The highest BCUT2D eigenvalue weighted by atomic mass is 15.1. The molecule has 1 aromatic rings. The molecule has 1 fully saturated rings. The van der Waals surface area contributed by atoms with Crippen molar-refractivity contribution in [2.24, 2.45) is 0 Å². The Bertz CT molecular complexity index is 343. The summed E-state index contributed by atoms with van der Waals surface area (Å²) < 4.78 is 0. The van der Waals surface area contributed by atoms with Crippen LogP contribution in [-0.4, -0.2) is 19.1 Å². The van der Waals surface area contributed by atoms with Gasteiger partial charge in [0.25, 0.3) is 0 Å². The van der Waals surface area contributed by atoms with Gasteiger partial charge in [0.1, 0.15) is 0 Å². The van der Waals surface area contributed by atoms with Crippen molar-refractivity contribution in [1.29, 1.82) is 0 Å². The molecule has 0 radical (unpaired) electrons. The smallest absolute Gasteiger partial charge is 0.0411 e. The van der Waals surface area contributed by atoms with Crippen molar-refractivity contribution >= 4 is 5.69 Å². The van der Waals surface area contributed by atoms with E-state index >= 15 is 0 Å². The zero-order chi connectivity index (χ0) is 12.1. The van der Waals surface area contributed by atoms with E-state index in [0.717, 1.165) is 6.54 Å². The molecule has 17 heavy (non-hydrogen) atoms. The van der Waals surface area contributed by atoms with Gasteiger partial charge in [0, 0.05) is 31.4 Å². The first-order valence-corrected chi connectivity index (χ1v) is 6.87. The maximum absolute atomic E-state index is 3.59. The van der Waals surface area contributed by atoms with E-state index in [-0.39, 0.29) is 0 Å². The summed E-state index contributed by atoms with van der Waals surface area (Å²) in [7, 11) is 0. The summed E-state index contributed by atoms with van der Waals surface area (Å²) in [6.45, 7) is 7.91. The zero-order valence-electron chi connectivity index (χ0n) is 11.1. The van der Waals surface area contributed by atoms with Gasteiger partial charge in [0.2, 0.25) is 0 Å². The van der Waals surface area contributed by atoms with Gasteiger partial charge in [-0.3, -0.25) is 0 Å². The molecule has 0 spiro atoms. The maximum Gasteiger partial charge on any atom is 0.0411 e. The zero-order valence-corrected chi connectivity index (χ0v) is 11.1. The Morgan fingerprint density at radius 2 is 1.94 bits per heavy atom. The predicted molar refractivity (Wildman–Crippen MR) is 74.5 cm³/mol. The van der Waals surface area contributed by atoms with Crippen molar-refractivity contribution in [2.45, 2.75) is 45.7 Å². The number of anilines is 1. The Hall–Kier alpha value is -1.02. The van der Waals surface area contributed by atoms with Gasteiger partial charge in [-0.15, -0.1) is 0 Å². The molecule has 0 amide bonds. The van der Waals surface area contributed by atoms with Crippen LogP contribution in [0.1, 0.15) is 38.7 Å². The fourth-order valence-corrected chi connectivity index (χ4v) is 2.36. The summed E-state index contributed by atoms with van der Waals surface area (Å²) in [6.07, 6.45) is 3.87. The first-order chi connectivity index (χ1) is 8.31. The van der Waals surface area contributed by atoms with Crippen LogP contribution in [0.4, 0.5) is 5.69 Å². The minimum absolute atomic E-state index is 0.599. The summed E-state index contributed by atoms with van der Waals surface area (Å²) in [6, 6.07) is 9.41. The molecule has 0 aliphatic carbocycles. The summed E-state index contributed by atoms with van der Waals surface area (Å²) in [5.74, 6) is 0. The average Bonchev–Trinajstić information content (AvgIpc) is 2.90. The second kappa shape index (κ2) is 6.06. The molecule has 1 saturated heterocycles. The summed E-state index contributed by atoms with van der Waals surface area (Å²) in [5, 5.41) is 3.59. The highest BCUT2D eigenvalue weighted by Crippen LogP contribution is 2.24. The number of hydrogen-bond acceptors (Lipinski definition) is 2. The van der Waals surface area contributed by atoms with Crippen LogP contribution in [-0.2, 0) is 6.54 Å². The van der Waals surface area contributed by atoms with Crippen LogP contribution in [0.5, 0.6) is 0 Å². The predicted octanol–water partition coefficient (Wildman–Crippen LogP) is 3.17. The van der Waals surface area contributed by atoms with Crippen molar-refractivity contribution < 1.29 is 0 Å². The third-order valence-corrected chi connectivity index (χ3v) is 3.69. The van der Waals surface area contributed by atoms with Crippen LogP contribution >= 0.6 is 0 Å². The number of nitrogens with zero attached hydrogens (tertiary/aromatic N) is 1. The molecule has 1 atom stereocenters. The molecule has 1 heterocycles. The third-order valence-electron chi connectivity index (χ3n) is 3.69. The molecule has 1 aliphatic rings. The van der Waals surface area contributed by atoms with E-state index in [4.69, 9.17) is 0 Å². The Balaban J connectivity index is 2.04. The number of rotatable bonds is 5. The fraction of sp³-hybridized carbons (Fsp3) is 0.600. The second-order valence-corrected chi connectivity index (χ2v) is 5.01. The quantitative estimate of drug-likeness (QED) is 0.839. The first kappa shape index (κ1) is 12.4. The molecule has 0 aromatic heterocycles. The van der Waals surface area contributed by atoms with E-state index < -0.39 is 0 Å². The monoisotopic (exact) mass is 232 g/mol. The number of hydrogen-bond donors (Lipinski definition) is 1. The van der Waals surface area contributed by atoms with Crippen molar-refractivity contribution in [1.82, 2.24) is 5.32 Å². The lowest BCUT2D eigenvalue weighted by atomic mass is 10.1. The first-order valence-electron chi connectivity index (χ1n) is 6.87. The second-order valence-electron chi connectivity index (χ2n) is 5.01. The number of nitrogens with one attached hydrogen (secondary N) is 1. The molecule has 0 saturated carbocycles. The molecule has 1 N–H and O–H groups in total. The molecule has 2 rings (SSSR count). The highest BCUT2D eigenvalue weighted by Gasteiger charge is 2.15. The van der Waals surface area contributed by atoms with Gasteiger partial charge < -0.3 is 10.2 Å². The van der Waals surface area contributed by atoms with Gasteiger partial charge in [0.05, 0.1) is 0 Å². The van der Waals surface area contributed by atoms with Crippen molar-refractivity contribution in [3.8, 4) is 0 Å². The molecule has 1 aromatic carbocycles. The number of benzene rings is 1. The van der Waals surface area contributed by atoms with E-state index in [1.54, 1.807) is 0 Å². The Morgan fingerprint density at radius 1 is 1.24 bits per heavy atom. The minimum atomic E-state index is 0.599. The van der Waals surface area contributed by atoms with Crippen molar-refractivity contribution in [2.75, 3.05) is 18.0 Å². The maximum atomic E-state index is 3.59. The Morgan fingerprint density at radius 3 is 2.65 bits per heavy atom.